The Hall–Kier alpha value is -1.83. The predicted octanol–water partition coefficient (Wildman–Crippen LogP) is 3.66. The van der Waals surface area contributed by atoms with Crippen molar-refractivity contribution in [2.24, 2.45) is 0 Å². The second-order valence-corrected chi connectivity index (χ2v) is 5.00. The van der Waals surface area contributed by atoms with Gasteiger partial charge in [0.05, 0.1) is 11.3 Å². The molecule has 0 saturated heterocycles. The van der Waals surface area contributed by atoms with Crippen molar-refractivity contribution in [3.05, 3.63) is 45.7 Å². The van der Waals surface area contributed by atoms with Gasteiger partial charge in [0.15, 0.2) is 5.69 Å². The largest absolute Gasteiger partial charge is 0.476 e. The van der Waals surface area contributed by atoms with Crippen LogP contribution in [0.1, 0.15) is 21.7 Å². The molecule has 0 fully saturated rings. The molecule has 0 bridgehead atoms. The highest BCUT2D eigenvalue weighted by Crippen LogP contribution is 2.33. The van der Waals surface area contributed by atoms with Crippen molar-refractivity contribution in [1.82, 2.24) is 9.78 Å². The minimum absolute atomic E-state index is 0.136. The highest BCUT2D eigenvalue weighted by Gasteiger charge is 2.31. The second kappa shape index (κ2) is 4.93. The first kappa shape index (κ1) is 14.6. The quantitative estimate of drug-likeness (QED) is 0.900. The molecule has 0 aliphatic heterocycles. The molecule has 8 heteroatoms. The molecule has 0 unspecified atom stereocenters. The average molecular weight is 349 g/mol. The Morgan fingerprint density at radius 3 is 2.45 bits per heavy atom. The fourth-order valence-corrected chi connectivity index (χ4v) is 2.18. The van der Waals surface area contributed by atoms with Crippen molar-refractivity contribution < 1.29 is 23.1 Å². The summed E-state index contributed by atoms with van der Waals surface area (Å²) in [6, 6.07) is 4.58. The number of aromatic carboxylic acids is 1. The monoisotopic (exact) mass is 348 g/mol. The van der Waals surface area contributed by atoms with Crippen LogP contribution in [0.5, 0.6) is 0 Å². The van der Waals surface area contributed by atoms with Crippen LogP contribution in [-0.4, -0.2) is 20.9 Å². The summed E-state index contributed by atoms with van der Waals surface area (Å²) in [5, 5.41) is 12.6. The van der Waals surface area contributed by atoms with E-state index in [0.29, 0.717) is 5.69 Å². The van der Waals surface area contributed by atoms with Crippen molar-refractivity contribution in [3.8, 4) is 5.69 Å². The minimum Gasteiger partial charge on any atom is -0.476 e. The normalized spacial score (nSPS) is 11.7. The number of aromatic nitrogens is 2. The molecule has 4 nitrogen and oxygen atoms in total. The molecule has 0 amide bonds. The number of nitrogens with zero attached hydrogens (tertiary/aromatic N) is 2. The molecule has 2 aromatic rings. The van der Waals surface area contributed by atoms with Gasteiger partial charge in [-0.25, -0.2) is 9.48 Å². The van der Waals surface area contributed by atoms with Crippen LogP contribution in [0.15, 0.2) is 28.7 Å². The average Bonchev–Trinajstić information content (AvgIpc) is 2.69. The number of rotatable bonds is 2. The first-order valence-corrected chi connectivity index (χ1v) is 6.16. The lowest BCUT2D eigenvalue weighted by atomic mass is 10.2. The number of hydrogen-bond acceptors (Lipinski definition) is 2. The lowest BCUT2D eigenvalue weighted by molar-refractivity contribution is -0.137. The van der Waals surface area contributed by atoms with Crippen LogP contribution in [0, 0.1) is 6.92 Å². The molecule has 0 radical (unpaired) electrons. The van der Waals surface area contributed by atoms with Crippen molar-refractivity contribution in [3.63, 3.8) is 0 Å². The van der Waals surface area contributed by atoms with Crippen LogP contribution in [0.25, 0.3) is 5.69 Å². The molecule has 0 aliphatic carbocycles. The number of benzene rings is 1. The van der Waals surface area contributed by atoms with Gasteiger partial charge < -0.3 is 5.11 Å². The van der Waals surface area contributed by atoms with E-state index in [1.165, 1.54) is 12.1 Å². The van der Waals surface area contributed by atoms with Gasteiger partial charge in [0.2, 0.25) is 0 Å². The summed E-state index contributed by atoms with van der Waals surface area (Å²) in [6.45, 7) is 1.56. The van der Waals surface area contributed by atoms with E-state index in [2.05, 4.69) is 21.0 Å². The molecular formula is C12H8BrF3N2O2. The van der Waals surface area contributed by atoms with E-state index >= 15 is 0 Å². The van der Waals surface area contributed by atoms with Crippen molar-refractivity contribution in [1.29, 1.82) is 0 Å². The Morgan fingerprint density at radius 1 is 1.30 bits per heavy atom. The fraction of sp³-hybridized carbons (Fsp3) is 0.167. The maximum absolute atomic E-state index is 12.8. The van der Waals surface area contributed by atoms with E-state index < -0.39 is 17.7 Å². The maximum Gasteiger partial charge on any atom is 0.416 e. The molecule has 2 rings (SSSR count). The summed E-state index contributed by atoms with van der Waals surface area (Å²) < 4.78 is 39.6. The summed E-state index contributed by atoms with van der Waals surface area (Å²) in [4.78, 5) is 10.8. The Morgan fingerprint density at radius 2 is 1.95 bits per heavy atom. The van der Waals surface area contributed by atoms with Crippen LogP contribution < -0.4 is 0 Å². The molecule has 106 valence electrons. The zero-order valence-corrected chi connectivity index (χ0v) is 11.7. The summed E-state index contributed by atoms with van der Waals surface area (Å²) in [5.41, 5.74) is -0.505. The van der Waals surface area contributed by atoms with E-state index in [1.54, 1.807) is 6.92 Å². The molecule has 0 saturated carbocycles. The van der Waals surface area contributed by atoms with Crippen LogP contribution in [0.2, 0.25) is 0 Å². The van der Waals surface area contributed by atoms with Gasteiger partial charge in [-0.1, -0.05) is 15.9 Å². The smallest absolute Gasteiger partial charge is 0.416 e. The van der Waals surface area contributed by atoms with Gasteiger partial charge in [0.25, 0.3) is 0 Å². The molecule has 1 aromatic carbocycles. The molecule has 0 aliphatic rings. The van der Waals surface area contributed by atoms with Crippen LogP contribution in [0.4, 0.5) is 13.2 Å². The Labute approximate surface area is 120 Å². The van der Waals surface area contributed by atoms with Crippen molar-refractivity contribution >= 4 is 21.9 Å². The Bertz CT molecular complexity index is 680. The summed E-state index contributed by atoms with van der Waals surface area (Å²) >= 11 is 3.01. The number of carboxylic acids is 1. The minimum atomic E-state index is -4.49. The molecule has 0 atom stereocenters. The van der Waals surface area contributed by atoms with E-state index in [0.717, 1.165) is 16.8 Å². The standard InChI is InChI=1S/C12H8BrF3N2O2/c1-6-2-10(11(19)20)17-18(6)9-4-7(12(14,15)16)3-8(13)5-9/h2-5H,1H3,(H,19,20). The number of aryl methyl sites for hydroxylation is 1. The van der Waals surface area contributed by atoms with E-state index in [4.69, 9.17) is 5.11 Å². The summed E-state index contributed by atoms with van der Waals surface area (Å²) in [7, 11) is 0. The predicted molar refractivity (Wildman–Crippen MR) is 68.0 cm³/mol. The van der Waals surface area contributed by atoms with Crippen LogP contribution in [-0.2, 0) is 6.18 Å². The van der Waals surface area contributed by atoms with Gasteiger partial charge in [-0.15, -0.1) is 0 Å². The Balaban J connectivity index is 2.58. The Kier molecular flexibility index (Phi) is 3.59. The van der Waals surface area contributed by atoms with Gasteiger partial charge in [0, 0.05) is 10.2 Å². The third kappa shape index (κ3) is 2.84. The lowest BCUT2D eigenvalue weighted by Gasteiger charge is -2.11. The molecular weight excluding hydrogens is 341 g/mol. The number of alkyl halides is 3. The zero-order valence-electron chi connectivity index (χ0n) is 10.1. The highest BCUT2D eigenvalue weighted by atomic mass is 79.9. The number of carbonyl (C=O) groups is 1. The van der Waals surface area contributed by atoms with Gasteiger partial charge in [-0.05, 0) is 31.2 Å². The molecule has 1 heterocycles. The highest BCUT2D eigenvalue weighted by molar-refractivity contribution is 9.10. The van der Waals surface area contributed by atoms with Crippen LogP contribution >= 0.6 is 15.9 Å². The van der Waals surface area contributed by atoms with Crippen LogP contribution in [0.3, 0.4) is 0 Å². The molecule has 1 aromatic heterocycles. The van der Waals surface area contributed by atoms with Gasteiger partial charge in [0.1, 0.15) is 0 Å². The molecule has 0 spiro atoms. The SMILES string of the molecule is Cc1cc(C(=O)O)nn1-c1cc(Br)cc(C(F)(F)F)c1. The van der Waals surface area contributed by atoms with Gasteiger partial charge in [-0.3, -0.25) is 0 Å². The fourth-order valence-electron chi connectivity index (χ4n) is 1.70. The maximum atomic E-state index is 12.8. The van der Waals surface area contributed by atoms with Crippen molar-refractivity contribution in [2.75, 3.05) is 0 Å². The summed E-state index contributed by atoms with van der Waals surface area (Å²) in [5.74, 6) is -1.24. The first-order valence-electron chi connectivity index (χ1n) is 5.36. The molecule has 20 heavy (non-hydrogen) atoms. The summed E-state index contributed by atoms with van der Waals surface area (Å²) in [6.07, 6.45) is -4.49. The lowest BCUT2D eigenvalue weighted by Crippen LogP contribution is -2.08. The van der Waals surface area contributed by atoms with Gasteiger partial charge >= 0.3 is 12.1 Å². The van der Waals surface area contributed by atoms with Gasteiger partial charge in [-0.2, -0.15) is 18.3 Å². The van der Waals surface area contributed by atoms with E-state index in [-0.39, 0.29) is 15.9 Å². The second-order valence-electron chi connectivity index (χ2n) is 4.08. The van der Waals surface area contributed by atoms with Crippen molar-refractivity contribution in [2.45, 2.75) is 13.1 Å². The number of hydrogen-bond donors (Lipinski definition) is 1. The zero-order chi connectivity index (χ0) is 15.1. The third-order valence-electron chi connectivity index (χ3n) is 2.56. The first-order chi connectivity index (χ1) is 9.18. The molecule has 1 N–H and O–H groups in total. The van der Waals surface area contributed by atoms with E-state index in [9.17, 15) is 18.0 Å². The third-order valence-corrected chi connectivity index (χ3v) is 3.02. The number of carboxylic acid groups (broad SMARTS) is 1. The number of halogens is 4. The topological polar surface area (TPSA) is 55.1 Å². The van der Waals surface area contributed by atoms with E-state index in [1.807, 2.05) is 0 Å².